The smallest absolute Gasteiger partial charge is 0.337 e. The molecular weight excluding hydrogens is 294 g/mol. The number of amides is 2. The summed E-state index contributed by atoms with van der Waals surface area (Å²) in [4.78, 5) is 59.0. The number of rotatable bonds is 2. The number of carboxylic acids is 1. The van der Waals surface area contributed by atoms with E-state index in [2.05, 4.69) is 4.74 Å². The van der Waals surface area contributed by atoms with Crippen LogP contribution in [0.4, 0.5) is 0 Å². The Hall–Kier alpha value is -3.03. The van der Waals surface area contributed by atoms with Crippen molar-refractivity contribution in [1.82, 2.24) is 4.90 Å². The molecule has 2 amide bonds. The first-order valence-corrected chi connectivity index (χ1v) is 6.40. The summed E-state index contributed by atoms with van der Waals surface area (Å²) in [6.45, 7) is 0. The van der Waals surface area contributed by atoms with E-state index in [9.17, 15) is 24.0 Å². The van der Waals surface area contributed by atoms with Crippen LogP contribution in [0.2, 0.25) is 0 Å². The van der Waals surface area contributed by atoms with Gasteiger partial charge in [0.1, 0.15) is 6.04 Å². The highest BCUT2D eigenvalue weighted by atomic mass is 16.6. The molecule has 1 N–H and O–H groups in total. The predicted octanol–water partition coefficient (Wildman–Crippen LogP) is 0.213. The summed E-state index contributed by atoms with van der Waals surface area (Å²) in [5.74, 6) is -4.35. The quantitative estimate of drug-likeness (QED) is 0.471. The zero-order chi connectivity index (χ0) is 16.0. The van der Waals surface area contributed by atoms with Crippen LogP contribution in [0.3, 0.4) is 0 Å². The molecule has 1 aromatic rings. The van der Waals surface area contributed by atoms with Gasteiger partial charge in [0.05, 0.1) is 16.7 Å². The van der Waals surface area contributed by atoms with Crippen LogP contribution in [0.1, 0.15) is 43.9 Å². The number of fused-ring (bicyclic) bond motifs is 1. The molecule has 1 atom stereocenters. The minimum atomic E-state index is -1.23. The zero-order valence-electron chi connectivity index (χ0n) is 11.1. The Kier molecular flexibility index (Phi) is 3.01. The molecule has 0 radical (unpaired) electrons. The van der Waals surface area contributed by atoms with Crippen molar-refractivity contribution in [2.45, 2.75) is 18.9 Å². The molecule has 0 aliphatic carbocycles. The lowest BCUT2D eigenvalue weighted by atomic mass is 10.1. The second kappa shape index (κ2) is 4.76. The number of carbonyl (C=O) groups is 5. The van der Waals surface area contributed by atoms with Crippen molar-refractivity contribution in [3.63, 3.8) is 0 Å². The zero-order valence-corrected chi connectivity index (χ0v) is 11.1. The van der Waals surface area contributed by atoms with E-state index in [0.717, 1.165) is 11.0 Å². The van der Waals surface area contributed by atoms with E-state index in [1.54, 1.807) is 0 Å². The van der Waals surface area contributed by atoms with Gasteiger partial charge in [-0.1, -0.05) is 0 Å². The van der Waals surface area contributed by atoms with Crippen molar-refractivity contribution in [2.75, 3.05) is 0 Å². The molecule has 0 saturated carbocycles. The molecule has 0 spiro atoms. The molecule has 1 fully saturated rings. The number of hydrogen-bond acceptors (Lipinski definition) is 6. The number of esters is 2. The Bertz CT molecular complexity index is 752. The van der Waals surface area contributed by atoms with Gasteiger partial charge in [-0.25, -0.2) is 9.59 Å². The highest BCUT2D eigenvalue weighted by molar-refractivity contribution is 6.23. The van der Waals surface area contributed by atoms with Gasteiger partial charge in [0.25, 0.3) is 11.8 Å². The monoisotopic (exact) mass is 303 g/mol. The first-order valence-electron chi connectivity index (χ1n) is 6.40. The summed E-state index contributed by atoms with van der Waals surface area (Å²) in [6.07, 6.45) is -0.0842. The maximum Gasteiger partial charge on any atom is 0.337 e. The van der Waals surface area contributed by atoms with E-state index in [0.29, 0.717) is 0 Å². The van der Waals surface area contributed by atoms with E-state index in [-0.39, 0.29) is 29.5 Å². The fraction of sp³-hybridized carbons (Fsp3) is 0.214. The van der Waals surface area contributed by atoms with Crippen molar-refractivity contribution in [3.8, 4) is 0 Å². The fourth-order valence-electron chi connectivity index (χ4n) is 2.51. The minimum Gasteiger partial charge on any atom is -0.478 e. The third-order valence-electron chi connectivity index (χ3n) is 3.59. The molecule has 0 unspecified atom stereocenters. The standard InChI is InChI=1S/C14H9NO7/c16-10-4-3-9(14(21)22-10)15-11(17)7-2-1-6(13(19)20)5-8(7)12(15)18/h1-2,5,9H,3-4H2,(H,19,20)/t9-/m1/s1. The van der Waals surface area contributed by atoms with Gasteiger partial charge in [0.15, 0.2) is 0 Å². The molecule has 1 aromatic carbocycles. The Morgan fingerprint density at radius 2 is 1.82 bits per heavy atom. The highest BCUT2D eigenvalue weighted by Crippen LogP contribution is 2.29. The number of hydrogen-bond donors (Lipinski definition) is 1. The number of carboxylic acid groups (broad SMARTS) is 1. The maximum absolute atomic E-state index is 12.3. The van der Waals surface area contributed by atoms with Gasteiger partial charge in [-0.2, -0.15) is 0 Å². The molecule has 0 bridgehead atoms. The molecule has 3 rings (SSSR count). The minimum absolute atomic E-state index is 0.00504. The fourth-order valence-corrected chi connectivity index (χ4v) is 2.51. The van der Waals surface area contributed by atoms with Gasteiger partial charge in [0, 0.05) is 6.42 Å². The average Bonchev–Trinajstić information content (AvgIpc) is 2.71. The second-order valence-corrected chi connectivity index (χ2v) is 4.89. The number of imide groups is 1. The van der Waals surface area contributed by atoms with Crippen LogP contribution < -0.4 is 0 Å². The molecule has 2 heterocycles. The van der Waals surface area contributed by atoms with Gasteiger partial charge in [-0.3, -0.25) is 19.3 Å². The Morgan fingerprint density at radius 3 is 2.45 bits per heavy atom. The Labute approximate surface area is 123 Å². The van der Waals surface area contributed by atoms with Crippen LogP contribution in [-0.2, 0) is 14.3 Å². The van der Waals surface area contributed by atoms with Crippen LogP contribution >= 0.6 is 0 Å². The first kappa shape index (κ1) is 13.9. The molecule has 8 nitrogen and oxygen atoms in total. The summed E-state index contributed by atoms with van der Waals surface area (Å²) >= 11 is 0. The lowest BCUT2D eigenvalue weighted by Crippen LogP contribution is -2.48. The summed E-state index contributed by atoms with van der Waals surface area (Å²) < 4.78 is 4.45. The van der Waals surface area contributed by atoms with Gasteiger partial charge in [0.2, 0.25) is 0 Å². The maximum atomic E-state index is 12.3. The SMILES string of the molecule is O=C1CC[C@@H](N2C(=O)c3ccc(C(=O)O)cc3C2=O)C(=O)O1. The van der Waals surface area contributed by atoms with Crippen molar-refractivity contribution in [3.05, 3.63) is 34.9 Å². The van der Waals surface area contributed by atoms with Crippen LogP contribution in [0.5, 0.6) is 0 Å². The second-order valence-electron chi connectivity index (χ2n) is 4.89. The Balaban J connectivity index is 1.98. The number of ether oxygens (including phenoxy) is 1. The van der Waals surface area contributed by atoms with E-state index in [1.807, 2.05) is 0 Å². The van der Waals surface area contributed by atoms with E-state index >= 15 is 0 Å². The van der Waals surface area contributed by atoms with E-state index in [1.165, 1.54) is 12.1 Å². The molecule has 1 saturated heterocycles. The number of benzene rings is 1. The van der Waals surface area contributed by atoms with Gasteiger partial charge in [-0.05, 0) is 24.6 Å². The van der Waals surface area contributed by atoms with Crippen molar-refractivity contribution in [1.29, 1.82) is 0 Å². The van der Waals surface area contributed by atoms with Crippen LogP contribution in [0.25, 0.3) is 0 Å². The largest absolute Gasteiger partial charge is 0.478 e. The summed E-state index contributed by atoms with van der Waals surface area (Å²) in [5, 5.41) is 8.93. The highest BCUT2D eigenvalue weighted by Gasteiger charge is 2.45. The third kappa shape index (κ3) is 1.96. The third-order valence-corrected chi connectivity index (χ3v) is 3.59. The summed E-state index contributed by atoms with van der Waals surface area (Å²) in [5.41, 5.74) is -0.183. The molecule has 8 heteroatoms. The molecule has 112 valence electrons. The summed E-state index contributed by atoms with van der Waals surface area (Å²) in [7, 11) is 0. The molecule has 22 heavy (non-hydrogen) atoms. The predicted molar refractivity (Wildman–Crippen MR) is 68.0 cm³/mol. The number of nitrogens with zero attached hydrogens (tertiary/aromatic N) is 1. The van der Waals surface area contributed by atoms with E-state index < -0.39 is 35.8 Å². The van der Waals surface area contributed by atoms with Crippen molar-refractivity contribution in [2.24, 2.45) is 0 Å². The van der Waals surface area contributed by atoms with Crippen LogP contribution in [-0.4, -0.2) is 45.8 Å². The summed E-state index contributed by atoms with van der Waals surface area (Å²) in [6, 6.07) is 2.37. The molecule has 2 aliphatic heterocycles. The van der Waals surface area contributed by atoms with E-state index in [4.69, 9.17) is 5.11 Å². The lowest BCUT2D eigenvalue weighted by Gasteiger charge is -2.26. The Morgan fingerprint density at radius 1 is 1.14 bits per heavy atom. The van der Waals surface area contributed by atoms with Crippen molar-refractivity contribution >= 4 is 29.7 Å². The van der Waals surface area contributed by atoms with Crippen LogP contribution in [0.15, 0.2) is 18.2 Å². The molecule has 2 aliphatic rings. The molecule has 0 aromatic heterocycles. The average molecular weight is 303 g/mol. The topological polar surface area (TPSA) is 118 Å². The van der Waals surface area contributed by atoms with Gasteiger partial charge in [-0.15, -0.1) is 0 Å². The normalized spacial score (nSPS) is 20.9. The first-order chi connectivity index (χ1) is 10.4. The number of carbonyl (C=O) groups excluding carboxylic acids is 4. The van der Waals surface area contributed by atoms with Gasteiger partial charge >= 0.3 is 17.9 Å². The van der Waals surface area contributed by atoms with Gasteiger partial charge < -0.3 is 9.84 Å². The van der Waals surface area contributed by atoms with Crippen LogP contribution in [0, 0.1) is 0 Å². The number of cyclic esters (lactones) is 2. The lowest BCUT2D eigenvalue weighted by molar-refractivity contribution is -0.167. The van der Waals surface area contributed by atoms with Crippen molar-refractivity contribution < 1.29 is 33.8 Å². The number of aromatic carboxylic acids is 1. The molecular formula is C14H9NO7.